The third-order valence-corrected chi connectivity index (χ3v) is 5.25. The molecule has 0 aromatic heterocycles. The first-order chi connectivity index (χ1) is 12.5. The highest BCUT2D eigenvalue weighted by molar-refractivity contribution is 5.90. The Morgan fingerprint density at radius 2 is 1.65 bits per heavy atom. The summed E-state index contributed by atoms with van der Waals surface area (Å²) in [4.78, 5) is 17.0. The fourth-order valence-corrected chi connectivity index (χ4v) is 3.40. The molecule has 2 aromatic carbocycles. The van der Waals surface area contributed by atoms with Gasteiger partial charge in [-0.05, 0) is 54.7 Å². The Balaban J connectivity index is 1.61. The molecule has 3 rings (SSSR count). The maximum absolute atomic E-state index is 12.7. The predicted octanol–water partition coefficient (Wildman–Crippen LogP) is 4.78. The highest BCUT2D eigenvalue weighted by Gasteiger charge is 2.22. The topological polar surface area (TPSA) is 35.6 Å². The van der Waals surface area contributed by atoms with Crippen molar-refractivity contribution < 1.29 is 4.79 Å². The Morgan fingerprint density at radius 1 is 0.962 bits per heavy atom. The molecule has 0 spiro atoms. The number of rotatable bonds is 3. The Bertz CT molecular complexity index is 777. The first kappa shape index (κ1) is 18.3. The van der Waals surface area contributed by atoms with E-state index in [1.807, 2.05) is 23.1 Å². The first-order valence-corrected chi connectivity index (χ1v) is 9.43. The quantitative estimate of drug-likeness (QED) is 0.864. The van der Waals surface area contributed by atoms with E-state index in [9.17, 15) is 4.79 Å². The Morgan fingerprint density at radius 3 is 2.31 bits per heavy atom. The van der Waals surface area contributed by atoms with Gasteiger partial charge < -0.3 is 15.1 Å². The first-order valence-electron chi connectivity index (χ1n) is 9.43. The van der Waals surface area contributed by atoms with Crippen molar-refractivity contribution in [1.29, 1.82) is 0 Å². The smallest absolute Gasteiger partial charge is 0.321 e. The summed E-state index contributed by atoms with van der Waals surface area (Å²) in [5.74, 6) is 0.383. The molecule has 2 amide bonds. The maximum atomic E-state index is 12.7. The monoisotopic (exact) mass is 351 g/mol. The van der Waals surface area contributed by atoms with Gasteiger partial charge in [0, 0.05) is 37.6 Å². The zero-order chi connectivity index (χ0) is 18.7. The van der Waals surface area contributed by atoms with Crippen molar-refractivity contribution in [1.82, 2.24) is 4.90 Å². The lowest BCUT2D eigenvalue weighted by Crippen LogP contribution is -2.50. The number of anilines is 2. The summed E-state index contributed by atoms with van der Waals surface area (Å²) in [7, 11) is 0. The van der Waals surface area contributed by atoms with Crippen LogP contribution in [-0.2, 0) is 0 Å². The molecular weight excluding hydrogens is 322 g/mol. The van der Waals surface area contributed by atoms with Crippen LogP contribution >= 0.6 is 0 Å². The van der Waals surface area contributed by atoms with E-state index >= 15 is 0 Å². The van der Waals surface area contributed by atoms with E-state index < -0.39 is 0 Å². The fraction of sp³-hybridized carbons (Fsp3) is 0.409. The molecule has 1 aliphatic heterocycles. The molecule has 0 radical (unpaired) electrons. The van der Waals surface area contributed by atoms with Gasteiger partial charge in [-0.25, -0.2) is 4.79 Å². The van der Waals surface area contributed by atoms with Gasteiger partial charge in [-0.3, -0.25) is 0 Å². The second-order valence-corrected chi connectivity index (χ2v) is 7.41. The van der Waals surface area contributed by atoms with Crippen LogP contribution in [0.4, 0.5) is 16.2 Å². The second kappa shape index (κ2) is 7.81. The van der Waals surface area contributed by atoms with Crippen molar-refractivity contribution in [2.45, 2.75) is 33.6 Å². The van der Waals surface area contributed by atoms with Crippen LogP contribution in [0, 0.1) is 13.8 Å². The van der Waals surface area contributed by atoms with Crippen molar-refractivity contribution in [3.8, 4) is 0 Å². The number of urea groups is 1. The number of aryl methyl sites for hydroxylation is 2. The summed E-state index contributed by atoms with van der Waals surface area (Å²) < 4.78 is 0. The van der Waals surface area contributed by atoms with Crippen molar-refractivity contribution >= 4 is 17.4 Å². The molecule has 1 aliphatic rings. The number of carbonyl (C=O) groups is 1. The standard InChI is InChI=1S/C22H29N3O/c1-16(2)20-7-5-6-8-21(20)23-22(26)25-13-11-24(12-14-25)19-10-9-17(3)18(4)15-19/h5-10,15-16H,11-14H2,1-4H3,(H,23,26). The number of benzene rings is 2. The van der Waals surface area contributed by atoms with Crippen LogP contribution in [0.3, 0.4) is 0 Å². The van der Waals surface area contributed by atoms with E-state index in [4.69, 9.17) is 0 Å². The van der Waals surface area contributed by atoms with Crippen LogP contribution in [0.25, 0.3) is 0 Å². The molecule has 4 nitrogen and oxygen atoms in total. The van der Waals surface area contributed by atoms with E-state index in [1.54, 1.807) is 0 Å². The lowest BCUT2D eigenvalue weighted by Gasteiger charge is -2.36. The molecule has 1 saturated heterocycles. The predicted molar refractivity (Wildman–Crippen MR) is 109 cm³/mol. The fourth-order valence-electron chi connectivity index (χ4n) is 3.40. The van der Waals surface area contributed by atoms with Crippen LogP contribution in [0.15, 0.2) is 42.5 Å². The molecule has 1 heterocycles. The Kier molecular flexibility index (Phi) is 5.50. The highest BCUT2D eigenvalue weighted by atomic mass is 16.2. The molecule has 2 aromatic rings. The molecule has 1 N–H and O–H groups in total. The number of carbonyl (C=O) groups excluding carboxylic acids is 1. The normalized spacial score (nSPS) is 14.7. The van der Waals surface area contributed by atoms with Crippen LogP contribution in [0.5, 0.6) is 0 Å². The van der Waals surface area contributed by atoms with Crippen LogP contribution in [-0.4, -0.2) is 37.1 Å². The molecule has 0 aliphatic carbocycles. The summed E-state index contributed by atoms with van der Waals surface area (Å²) in [5, 5.41) is 3.10. The lowest BCUT2D eigenvalue weighted by molar-refractivity contribution is 0.208. The molecule has 138 valence electrons. The highest BCUT2D eigenvalue weighted by Crippen LogP contribution is 2.24. The van der Waals surface area contributed by atoms with Crippen LogP contribution < -0.4 is 10.2 Å². The van der Waals surface area contributed by atoms with Gasteiger partial charge in [0.25, 0.3) is 0 Å². The molecule has 0 saturated carbocycles. The van der Waals surface area contributed by atoms with Crippen LogP contribution in [0.2, 0.25) is 0 Å². The van der Waals surface area contributed by atoms with E-state index in [0.29, 0.717) is 5.92 Å². The summed E-state index contributed by atoms with van der Waals surface area (Å²) in [6, 6.07) is 14.6. The maximum Gasteiger partial charge on any atom is 0.321 e. The molecule has 0 atom stereocenters. The molecule has 0 bridgehead atoms. The minimum absolute atomic E-state index is 0.00200. The van der Waals surface area contributed by atoms with Gasteiger partial charge in [0.15, 0.2) is 0 Å². The van der Waals surface area contributed by atoms with Crippen molar-refractivity contribution in [2.24, 2.45) is 0 Å². The zero-order valence-corrected chi connectivity index (χ0v) is 16.2. The SMILES string of the molecule is Cc1ccc(N2CCN(C(=O)Nc3ccccc3C(C)C)CC2)cc1C. The number of hydrogen-bond donors (Lipinski definition) is 1. The van der Waals surface area contributed by atoms with E-state index in [-0.39, 0.29) is 6.03 Å². The summed E-state index contributed by atoms with van der Waals surface area (Å²) in [5.41, 5.74) is 5.97. The van der Waals surface area contributed by atoms with E-state index in [1.165, 1.54) is 22.4 Å². The number of amides is 2. The van der Waals surface area contributed by atoms with Gasteiger partial charge in [-0.1, -0.05) is 38.1 Å². The average molecular weight is 351 g/mol. The lowest BCUT2D eigenvalue weighted by atomic mass is 10.0. The number of nitrogens with zero attached hydrogens (tertiary/aromatic N) is 2. The summed E-state index contributed by atoms with van der Waals surface area (Å²) in [6.07, 6.45) is 0. The Hall–Kier alpha value is -2.49. The third kappa shape index (κ3) is 4.01. The van der Waals surface area contributed by atoms with Gasteiger partial charge in [0.05, 0.1) is 0 Å². The van der Waals surface area contributed by atoms with Crippen molar-refractivity contribution in [3.63, 3.8) is 0 Å². The van der Waals surface area contributed by atoms with Crippen LogP contribution in [0.1, 0.15) is 36.5 Å². The van der Waals surface area contributed by atoms with E-state index in [0.717, 1.165) is 31.9 Å². The number of piperazine rings is 1. The summed E-state index contributed by atoms with van der Waals surface area (Å²) in [6.45, 7) is 11.8. The van der Waals surface area contributed by atoms with Gasteiger partial charge in [-0.2, -0.15) is 0 Å². The zero-order valence-electron chi connectivity index (χ0n) is 16.2. The van der Waals surface area contributed by atoms with Crippen molar-refractivity contribution in [2.75, 3.05) is 36.4 Å². The average Bonchev–Trinajstić information content (AvgIpc) is 2.64. The van der Waals surface area contributed by atoms with Gasteiger partial charge >= 0.3 is 6.03 Å². The Labute approximate surface area is 156 Å². The number of para-hydroxylation sites is 1. The van der Waals surface area contributed by atoms with Gasteiger partial charge in [0.1, 0.15) is 0 Å². The third-order valence-electron chi connectivity index (χ3n) is 5.25. The number of hydrogen-bond acceptors (Lipinski definition) is 2. The van der Waals surface area contributed by atoms with Gasteiger partial charge in [0.2, 0.25) is 0 Å². The number of nitrogens with one attached hydrogen (secondary N) is 1. The summed E-state index contributed by atoms with van der Waals surface area (Å²) >= 11 is 0. The van der Waals surface area contributed by atoms with E-state index in [2.05, 4.69) is 62.2 Å². The molecule has 1 fully saturated rings. The molecular formula is C22H29N3O. The molecule has 0 unspecified atom stereocenters. The minimum Gasteiger partial charge on any atom is -0.368 e. The second-order valence-electron chi connectivity index (χ2n) is 7.41. The minimum atomic E-state index is -0.00200. The van der Waals surface area contributed by atoms with Gasteiger partial charge in [-0.15, -0.1) is 0 Å². The molecule has 4 heteroatoms. The van der Waals surface area contributed by atoms with Crippen molar-refractivity contribution in [3.05, 3.63) is 59.2 Å². The molecule has 26 heavy (non-hydrogen) atoms. The largest absolute Gasteiger partial charge is 0.368 e.